The van der Waals surface area contributed by atoms with Gasteiger partial charge < -0.3 is 0 Å². The molecule has 4 atom stereocenters. The number of nitrogens with one attached hydrogen (secondary N) is 1. The molecular weight excluding hydrogens is 160 g/mol. The van der Waals surface area contributed by atoms with Gasteiger partial charge in [-0.1, -0.05) is 26.7 Å². The van der Waals surface area contributed by atoms with Gasteiger partial charge in [-0.3, -0.25) is 5.32 Å². The van der Waals surface area contributed by atoms with Gasteiger partial charge in [0.2, 0.25) is 0 Å². The molecule has 1 fully saturated rings. The first-order chi connectivity index (χ1) is 6.15. The number of rotatable bonds is 2. The van der Waals surface area contributed by atoms with Crippen LogP contribution >= 0.6 is 0 Å². The molecule has 0 saturated heterocycles. The van der Waals surface area contributed by atoms with Gasteiger partial charge in [-0.25, -0.2) is 0 Å². The first-order valence-electron chi connectivity index (χ1n) is 5.30. The zero-order chi connectivity index (χ0) is 9.84. The third-order valence-corrected chi connectivity index (χ3v) is 3.36. The second kappa shape index (κ2) is 4.62. The monoisotopic (exact) mass is 180 g/mol. The van der Waals surface area contributed by atoms with Crippen molar-refractivity contribution in [2.45, 2.75) is 52.1 Å². The predicted molar refractivity (Wildman–Crippen MR) is 54.2 cm³/mol. The molecule has 0 spiro atoms. The van der Waals surface area contributed by atoms with E-state index in [0.717, 1.165) is 5.92 Å². The Morgan fingerprint density at radius 2 is 2.08 bits per heavy atom. The molecule has 0 aromatic rings. The Balaban J connectivity index is 2.45. The lowest BCUT2D eigenvalue weighted by Crippen LogP contribution is -2.44. The Morgan fingerprint density at radius 3 is 2.69 bits per heavy atom. The van der Waals surface area contributed by atoms with E-state index in [0.29, 0.717) is 12.0 Å². The van der Waals surface area contributed by atoms with Crippen LogP contribution in [0.4, 0.5) is 0 Å². The Labute approximate surface area is 81.3 Å². The van der Waals surface area contributed by atoms with Gasteiger partial charge in [0.15, 0.2) is 0 Å². The molecule has 1 saturated carbocycles. The average molecular weight is 180 g/mol. The van der Waals surface area contributed by atoms with Crippen LogP contribution in [-0.4, -0.2) is 12.1 Å². The maximum absolute atomic E-state index is 8.71. The van der Waals surface area contributed by atoms with Crippen molar-refractivity contribution in [3.8, 4) is 6.07 Å². The molecule has 1 rings (SSSR count). The summed E-state index contributed by atoms with van der Waals surface area (Å²) in [6, 6.07) is 2.79. The normalized spacial score (nSPS) is 36.6. The van der Waals surface area contributed by atoms with Gasteiger partial charge in [0.25, 0.3) is 0 Å². The van der Waals surface area contributed by atoms with Crippen LogP contribution in [0.25, 0.3) is 0 Å². The summed E-state index contributed by atoms with van der Waals surface area (Å²) in [5, 5.41) is 12.1. The van der Waals surface area contributed by atoms with Crippen LogP contribution in [0.2, 0.25) is 0 Å². The maximum Gasteiger partial charge on any atom is 0.0926 e. The van der Waals surface area contributed by atoms with Gasteiger partial charge in [-0.15, -0.1) is 0 Å². The third-order valence-electron chi connectivity index (χ3n) is 3.36. The van der Waals surface area contributed by atoms with Crippen molar-refractivity contribution >= 4 is 0 Å². The van der Waals surface area contributed by atoms with Gasteiger partial charge in [0.1, 0.15) is 0 Å². The lowest BCUT2D eigenvalue weighted by atomic mass is 9.78. The van der Waals surface area contributed by atoms with E-state index in [-0.39, 0.29) is 6.04 Å². The fourth-order valence-electron chi connectivity index (χ4n) is 2.18. The van der Waals surface area contributed by atoms with Crippen LogP contribution in [0.5, 0.6) is 0 Å². The van der Waals surface area contributed by atoms with Crippen LogP contribution in [0.15, 0.2) is 0 Å². The van der Waals surface area contributed by atoms with Crippen molar-refractivity contribution in [2.75, 3.05) is 0 Å². The second-order valence-corrected chi connectivity index (χ2v) is 4.39. The predicted octanol–water partition coefficient (Wildman–Crippen LogP) is 2.31. The molecule has 0 bridgehead atoms. The summed E-state index contributed by atoms with van der Waals surface area (Å²) in [5.74, 6) is 1.52. The first kappa shape index (κ1) is 10.5. The van der Waals surface area contributed by atoms with E-state index in [9.17, 15) is 0 Å². The third kappa shape index (κ3) is 2.70. The molecule has 74 valence electrons. The number of hydrogen-bond acceptors (Lipinski definition) is 2. The molecule has 2 heteroatoms. The molecule has 1 N–H and O–H groups in total. The molecule has 4 unspecified atom stereocenters. The molecule has 0 heterocycles. The van der Waals surface area contributed by atoms with E-state index in [4.69, 9.17) is 5.26 Å². The molecule has 0 amide bonds. The van der Waals surface area contributed by atoms with E-state index < -0.39 is 0 Å². The molecule has 1 aliphatic rings. The summed E-state index contributed by atoms with van der Waals surface area (Å²) in [5.41, 5.74) is 0. The summed E-state index contributed by atoms with van der Waals surface area (Å²) < 4.78 is 0. The minimum Gasteiger partial charge on any atom is -0.299 e. The van der Waals surface area contributed by atoms with Crippen molar-refractivity contribution in [1.82, 2.24) is 5.32 Å². The van der Waals surface area contributed by atoms with Crippen molar-refractivity contribution in [1.29, 1.82) is 5.26 Å². The van der Waals surface area contributed by atoms with Crippen LogP contribution < -0.4 is 5.32 Å². The highest BCUT2D eigenvalue weighted by atomic mass is 15.0. The minimum atomic E-state index is -0.00208. The van der Waals surface area contributed by atoms with E-state index >= 15 is 0 Å². The summed E-state index contributed by atoms with van der Waals surface area (Å²) in [6.45, 7) is 6.55. The summed E-state index contributed by atoms with van der Waals surface area (Å²) in [6.07, 6.45) is 3.89. The molecule has 0 aromatic carbocycles. The molecule has 13 heavy (non-hydrogen) atoms. The number of nitriles is 1. The Morgan fingerprint density at radius 1 is 1.38 bits per heavy atom. The van der Waals surface area contributed by atoms with Crippen LogP contribution in [0.3, 0.4) is 0 Å². The zero-order valence-electron chi connectivity index (χ0n) is 8.88. The lowest BCUT2D eigenvalue weighted by Gasteiger charge is -2.35. The molecule has 2 nitrogen and oxygen atoms in total. The van der Waals surface area contributed by atoms with Crippen molar-refractivity contribution in [3.63, 3.8) is 0 Å². The highest BCUT2D eigenvalue weighted by Crippen LogP contribution is 2.29. The number of nitrogens with zero attached hydrogens (tertiary/aromatic N) is 1. The maximum atomic E-state index is 8.71. The van der Waals surface area contributed by atoms with Crippen molar-refractivity contribution in [2.24, 2.45) is 11.8 Å². The standard InChI is InChI=1S/C11H20N2/c1-8-5-4-6-11(10(8)3)13-9(2)7-12/h8-11,13H,4-6H2,1-3H3. The molecular formula is C11H20N2. The van der Waals surface area contributed by atoms with Crippen molar-refractivity contribution < 1.29 is 0 Å². The van der Waals surface area contributed by atoms with Crippen LogP contribution in [-0.2, 0) is 0 Å². The van der Waals surface area contributed by atoms with Crippen LogP contribution in [0, 0.1) is 23.2 Å². The summed E-state index contributed by atoms with van der Waals surface area (Å²) in [7, 11) is 0. The topological polar surface area (TPSA) is 35.8 Å². The lowest BCUT2D eigenvalue weighted by molar-refractivity contribution is 0.203. The average Bonchev–Trinajstić information content (AvgIpc) is 2.13. The first-order valence-corrected chi connectivity index (χ1v) is 5.30. The van der Waals surface area contributed by atoms with Crippen molar-refractivity contribution in [3.05, 3.63) is 0 Å². The quantitative estimate of drug-likeness (QED) is 0.708. The van der Waals surface area contributed by atoms with Gasteiger partial charge in [-0.05, 0) is 25.2 Å². The van der Waals surface area contributed by atoms with E-state index in [1.807, 2.05) is 6.92 Å². The highest BCUT2D eigenvalue weighted by molar-refractivity contribution is 4.91. The molecule has 0 aromatic heterocycles. The Hall–Kier alpha value is -0.550. The Kier molecular flexibility index (Phi) is 3.74. The van der Waals surface area contributed by atoms with Crippen LogP contribution in [0.1, 0.15) is 40.0 Å². The minimum absolute atomic E-state index is 0.00208. The fraction of sp³-hybridized carbons (Fsp3) is 0.909. The van der Waals surface area contributed by atoms with E-state index in [2.05, 4.69) is 25.2 Å². The smallest absolute Gasteiger partial charge is 0.0926 e. The van der Waals surface area contributed by atoms with Gasteiger partial charge in [0, 0.05) is 6.04 Å². The largest absolute Gasteiger partial charge is 0.299 e. The summed E-state index contributed by atoms with van der Waals surface area (Å²) in [4.78, 5) is 0. The van der Waals surface area contributed by atoms with Gasteiger partial charge in [-0.2, -0.15) is 5.26 Å². The molecule has 1 aliphatic carbocycles. The Bertz CT molecular complexity index is 195. The zero-order valence-corrected chi connectivity index (χ0v) is 8.88. The SMILES string of the molecule is CC(C#N)NC1CCCC(C)C1C. The van der Waals surface area contributed by atoms with Gasteiger partial charge >= 0.3 is 0 Å². The van der Waals surface area contributed by atoms with E-state index in [1.165, 1.54) is 19.3 Å². The van der Waals surface area contributed by atoms with E-state index in [1.54, 1.807) is 0 Å². The molecule has 0 radical (unpaired) electrons. The fourth-order valence-corrected chi connectivity index (χ4v) is 2.18. The molecule has 0 aliphatic heterocycles. The highest BCUT2D eigenvalue weighted by Gasteiger charge is 2.27. The van der Waals surface area contributed by atoms with Gasteiger partial charge in [0.05, 0.1) is 12.1 Å². The number of hydrogen-bond donors (Lipinski definition) is 1. The second-order valence-electron chi connectivity index (χ2n) is 4.39. The summed E-state index contributed by atoms with van der Waals surface area (Å²) >= 11 is 0.